The van der Waals surface area contributed by atoms with Gasteiger partial charge in [-0.2, -0.15) is 35.1 Å². The average Bonchev–Trinajstić information content (AvgIpc) is 3.26. The van der Waals surface area contributed by atoms with Crippen LogP contribution in [-0.4, -0.2) is 27.7 Å². The maximum atomic E-state index is 13.8. The summed E-state index contributed by atoms with van der Waals surface area (Å²) < 4.78 is 106. The van der Waals surface area contributed by atoms with Crippen LogP contribution in [-0.2, 0) is 6.18 Å². The van der Waals surface area contributed by atoms with Crippen molar-refractivity contribution in [1.29, 1.82) is 0 Å². The van der Waals surface area contributed by atoms with Crippen molar-refractivity contribution in [3.63, 3.8) is 0 Å². The Hall–Kier alpha value is -3.89. The second kappa shape index (κ2) is 9.77. The summed E-state index contributed by atoms with van der Waals surface area (Å²) in [4.78, 5) is 11.2. The smallest absolute Gasteiger partial charge is 0.453 e. The zero-order valence-corrected chi connectivity index (χ0v) is 19.3. The summed E-state index contributed by atoms with van der Waals surface area (Å²) in [6.07, 6.45) is -10.8. The summed E-state index contributed by atoms with van der Waals surface area (Å²) in [6, 6.07) is 15.2. The van der Waals surface area contributed by atoms with Gasteiger partial charge < -0.3 is 9.67 Å². The fraction of sp³-hybridized carbons (Fsp3) is 0.222. The molecule has 0 spiro atoms. The number of rotatable bonds is 7. The maximum absolute atomic E-state index is 13.8. The van der Waals surface area contributed by atoms with E-state index in [1.165, 1.54) is 47.2 Å². The SMILES string of the molecule is O=C(O)c1ccc(C(CCC(F)(F)C(F)(F)F)n2ccc3cc(-c4ccc(C(F)(F)F)cc4)ccc32)cc1. The van der Waals surface area contributed by atoms with Gasteiger partial charge in [-0.15, -0.1) is 0 Å². The van der Waals surface area contributed by atoms with Gasteiger partial charge in [-0.05, 0) is 65.6 Å². The van der Waals surface area contributed by atoms with Crippen molar-refractivity contribution in [3.8, 4) is 11.1 Å². The second-order valence-corrected chi connectivity index (χ2v) is 8.76. The number of hydrogen-bond donors (Lipinski definition) is 1. The largest absolute Gasteiger partial charge is 0.478 e. The molecule has 38 heavy (non-hydrogen) atoms. The highest BCUT2D eigenvalue weighted by Crippen LogP contribution is 2.42. The van der Waals surface area contributed by atoms with E-state index in [4.69, 9.17) is 5.11 Å². The monoisotopic (exact) mass is 541 g/mol. The molecular formula is C27H19F8NO2. The molecule has 1 aromatic heterocycles. The van der Waals surface area contributed by atoms with E-state index in [1.807, 2.05) is 0 Å². The normalized spacial score (nSPS) is 13.6. The third-order valence-corrected chi connectivity index (χ3v) is 6.29. The van der Waals surface area contributed by atoms with Crippen LogP contribution in [0, 0.1) is 0 Å². The number of aromatic carboxylic acids is 1. The topological polar surface area (TPSA) is 42.2 Å². The molecule has 200 valence electrons. The van der Waals surface area contributed by atoms with Gasteiger partial charge in [0, 0.05) is 23.5 Å². The van der Waals surface area contributed by atoms with Crippen molar-refractivity contribution in [2.24, 2.45) is 0 Å². The number of carbonyl (C=O) groups is 1. The molecule has 1 heterocycles. The first-order chi connectivity index (χ1) is 17.7. The molecule has 1 N–H and O–H groups in total. The van der Waals surface area contributed by atoms with Crippen molar-refractivity contribution in [3.05, 3.63) is 95.7 Å². The highest BCUT2D eigenvalue weighted by atomic mass is 19.4. The second-order valence-electron chi connectivity index (χ2n) is 8.76. The molecule has 0 radical (unpaired) electrons. The van der Waals surface area contributed by atoms with Crippen LogP contribution >= 0.6 is 0 Å². The quantitative estimate of drug-likeness (QED) is 0.238. The lowest BCUT2D eigenvalue weighted by atomic mass is 9.97. The molecule has 0 fully saturated rings. The van der Waals surface area contributed by atoms with E-state index in [0.29, 0.717) is 27.6 Å². The fourth-order valence-electron chi connectivity index (χ4n) is 4.24. The number of aromatic nitrogens is 1. The fourth-order valence-corrected chi connectivity index (χ4v) is 4.24. The van der Waals surface area contributed by atoms with Gasteiger partial charge in [-0.25, -0.2) is 4.79 Å². The Labute approximate surface area is 210 Å². The molecule has 3 aromatic carbocycles. The third kappa shape index (κ3) is 5.51. The first kappa shape index (κ1) is 27.2. The number of carboxylic acid groups (broad SMARTS) is 1. The molecule has 0 saturated carbocycles. The molecule has 3 nitrogen and oxygen atoms in total. The standard InChI is InChI=1S/C27H19F8NO2/c28-25(29,27(33,34)35)13-11-23(17-1-3-18(4-2-17)24(37)38)36-14-12-20-15-19(7-10-22(20)36)16-5-8-21(9-6-16)26(30,31)32/h1-10,12,14-15,23H,11,13H2,(H,37,38). The molecule has 4 aromatic rings. The van der Waals surface area contributed by atoms with E-state index < -0.39 is 48.7 Å². The lowest BCUT2D eigenvalue weighted by Gasteiger charge is -2.25. The lowest BCUT2D eigenvalue weighted by Crippen LogP contribution is -2.36. The van der Waals surface area contributed by atoms with Crippen LogP contribution in [0.2, 0.25) is 0 Å². The summed E-state index contributed by atoms with van der Waals surface area (Å²) in [5.74, 6) is -6.15. The Morgan fingerprint density at radius 3 is 1.95 bits per heavy atom. The van der Waals surface area contributed by atoms with Gasteiger partial charge in [0.1, 0.15) is 0 Å². The summed E-state index contributed by atoms with van der Waals surface area (Å²) in [5, 5.41) is 9.71. The molecule has 11 heteroatoms. The zero-order chi connectivity index (χ0) is 27.9. The number of halogens is 8. The molecule has 1 unspecified atom stereocenters. The van der Waals surface area contributed by atoms with Crippen LogP contribution in [0.4, 0.5) is 35.1 Å². The van der Waals surface area contributed by atoms with Crippen molar-refractivity contribution in [2.75, 3.05) is 0 Å². The number of nitrogens with zero attached hydrogens (tertiary/aromatic N) is 1. The predicted octanol–water partition coefficient (Wildman–Crippen LogP) is 8.59. The minimum atomic E-state index is -5.72. The Morgan fingerprint density at radius 2 is 1.39 bits per heavy atom. The number of alkyl halides is 8. The highest BCUT2D eigenvalue weighted by Gasteiger charge is 2.56. The molecule has 1 atom stereocenters. The van der Waals surface area contributed by atoms with Gasteiger partial charge in [0.05, 0.1) is 17.2 Å². The van der Waals surface area contributed by atoms with Crippen LogP contribution in [0.5, 0.6) is 0 Å². The predicted molar refractivity (Wildman–Crippen MR) is 124 cm³/mol. The number of hydrogen-bond acceptors (Lipinski definition) is 1. The van der Waals surface area contributed by atoms with E-state index in [2.05, 4.69) is 0 Å². The molecule has 4 rings (SSSR count). The molecule has 0 aliphatic carbocycles. The van der Waals surface area contributed by atoms with Crippen molar-refractivity contribution < 1.29 is 45.0 Å². The van der Waals surface area contributed by atoms with E-state index in [9.17, 15) is 39.9 Å². The van der Waals surface area contributed by atoms with Crippen molar-refractivity contribution in [2.45, 2.75) is 37.2 Å². The van der Waals surface area contributed by atoms with E-state index in [1.54, 1.807) is 24.3 Å². The zero-order valence-electron chi connectivity index (χ0n) is 19.3. The third-order valence-electron chi connectivity index (χ3n) is 6.29. The Kier molecular flexibility index (Phi) is 6.98. The number of benzene rings is 3. The maximum Gasteiger partial charge on any atom is 0.453 e. The first-order valence-corrected chi connectivity index (χ1v) is 11.2. The summed E-state index contributed by atoms with van der Waals surface area (Å²) in [5.41, 5.74) is 1.02. The Morgan fingerprint density at radius 1 is 0.789 bits per heavy atom. The minimum Gasteiger partial charge on any atom is -0.478 e. The van der Waals surface area contributed by atoms with Gasteiger partial charge in [-0.3, -0.25) is 0 Å². The average molecular weight is 541 g/mol. The molecule has 0 saturated heterocycles. The summed E-state index contributed by atoms with van der Waals surface area (Å²) in [6.45, 7) is 0. The molecular weight excluding hydrogens is 522 g/mol. The van der Waals surface area contributed by atoms with Gasteiger partial charge in [0.15, 0.2) is 0 Å². The van der Waals surface area contributed by atoms with Gasteiger partial charge >= 0.3 is 24.2 Å². The van der Waals surface area contributed by atoms with Gasteiger partial charge in [0.2, 0.25) is 0 Å². The molecule has 0 amide bonds. The van der Waals surface area contributed by atoms with Gasteiger partial charge in [0.25, 0.3) is 0 Å². The van der Waals surface area contributed by atoms with Crippen LogP contribution in [0.25, 0.3) is 22.0 Å². The van der Waals surface area contributed by atoms with Crippen LogP contribution in [0.15, 0.2) is 79.0 Å². The van der Waals surface area contributed by atoms with Gasteiger partial charge in [-0.1, -0.05) is 30.3 Å². The van der Waals surface area contributed by atoms with Crippen LogP contribution in [0.1, 0.15) is 40.4 Å². The van der Waals surface area contributed by atoms with E-state index >= 15 is 0 Å². The van der Waals surface area contributed by atoms with Crippen LogP contribution < -0.4 is 0 Å². The number of fused-ring (bicyclic) bond motifs is 1. The molecule has 0 aliphatic rings. The van der Waals surface area contributed by atoms with E-state index in [-0.39, 0.29) is 5.56 Å². The highest BCUT2D eigenvalue weighted by molar-refractivity contribution is 5.88. The van der Waals surface area contributed by atoms with E-state index in [0.717, 1.165) is 12.1 Å². The van der Waals surface area contributed by atoms with Crippen molar-refractivity contribution in [1.82, 2.24) is 4.57 Å². The summed E-state index contributed by atoms with van der Waals surface area (Å²) >= 11 is 0. The Balaban J connectivity index is 1.71. The Bertz CT molecular complexity index is 1440. The summed E-state index contributed by atoms with van der Waals surface area (Å²) in [7, 11) is 0. The lowest BCUT2D eigenvalue weighted by molar-refractivity contribution is -0.284. The van der Waals surface area contributed by atoms with Crippen molar-refractivity contribution >= 4 is 16.9 Å². The van der Waals surface area contributed by atoms with Crippen LogP contribution in [0.3, 0.4) is 0 Å². The molecule has 0 bridgehead atoms. The first-order valence-electron chi connectivity index (χ1n) is 11.2. The minimum absolute atomic E-state index is 0.0772. The number of carboxylic acids is 1. The molecule has 0 aliphatic heterocycles.